The van der Waals surface area contributed by atoms with Crippen molar-refractivity contribution in [1.29, 1.82) is 0 Å². The van der Waals surface area contributed by atoms with E-state index < -0.39 is 6.16 Å². The van der Waals surface area contributed by atoms with Crippen molar-refractivity contribution in [2.24, 2.45) is 0 Å². The monoisotopic (exact) mass is 180 g/mol. The zero-order valence-electron chi connectivity index (χ0n) is 6.54. The van der Waals surface area contributed by atoms with E-state index in [1.54, 1.807) is 0 Å². The Hall–Kier alpha value is -0.440. The molecule has 0 amide bonds. The summed E-state index contributed by atoms with van der Waals surface area (Å²) in [6.07, 6.45) is 3.52. The van der Waals surface area contributed by atoms with Crippen molar-refractivity contribution in [1.82, 2.24) is 0 Å². The fourth-order valence-corrected chi connectivity index (χ4v) is 0.902. The fraction of sp³-hybridized carbons (Fsp3) is 0.857. The molecule has 1 fully saturated rings. The molecule has 1 saturated heterocycles. The summed E-state index contributed by atoms with van der Waals surface area (Å²) in [5.41, 5.74) is 0. The van der Waals surface area contributed by atoms with Crippen LogP contribution in [0, 0.1) is 0 Å². The van der Waals surface area contributed by atoms with Crippen molar-refractivity contribution in [3.63, 3.8) is 0 Å². The highest BCUT2D eigenvalue weighted by Gasteiger charge is 2.28. The maximum absolute atomic E-state index is 10.1. The Labute approximate surface area is 72.5 Å². The molecular formula is C7H13ClO3. The van der Waals surface area contributed by atoms with Gasteiger partial charge in [0.1, 0.15) is 0 Å². The third-order valence-electron chi connectivity index (χ3n) is 1.50. The van der Waals surface area contributed by atoms with Gasteiger partial charge in [-0.3, -0.25) is 0 Å². The zero-order valence-corrected chi connectivity index (χ0v) is 7.36. The highest BCUT2D eigenvalue weighted by atomic mass is 35.5. The Morgan fingerprint density at radius 2 is 2.00 bits per heavy atom. The number of carbonyl (C=O) groups is 1. The summed E-state index contributed by atoms with van der Waals surface area (Å²) in [6, 6.07) is 0. The molecule has 0 spiro atoms. The highest BCUT2D eigenvalue weighted by molar-refractivity contribution is 5.85. The molecule has 1 aliphatic rings. The maximum Gasteiger partial charge on any atom is 0.514 e. The van der Waals surface area contributed by atoms with Crippen LogP contribution in [0.2, 0.25) is 0 Å². The highest BCUT2D eigenvalue weighted by Crippen LogP contribution is 2.16. The van der Waals surface area contributed by atoms with Crippen molar-refractivity contribution in [3.05, 3.63) is 0 Å². The molecular weight excluding hydrogens is 168 g/mol. The van der Waals surface area contributed by atoms with Gasteiger partial charge >= 0.3 is 6.16 Å². The van der Waals surface area contributed by atoms with Gasteiger partial charge in [-0.1, -0.05) is 19.8 Å². The van der Waals surface area contributed by atoms with E-state index in [4.69, 9.17) is 0 Å². The van der Waals surface area contributed by atoms with Crippen molar-refractivity contribution in [3.8, 4) is 0 Å². The first kappa shape index (κ1) is 10.6. The molecule has 0 atom stereocenters. The van der Waals surface area contributed by atoms with Crippen LogP contribution >= 0.6 is 12.4 Å². The lowest BCUT2D eigenvalue weighted by molar-refractivity contribution is -0.185. The summed E-state index contributed by atoms with van der Waals surface area (Å²) < 4.78 is 9.25. The van der Waals surface area contributed by atoms with E-state index >= 15 is 0 Å². The van der Waals surface area contributed by atoms with E-state index in [0.717, 1.165) is 12.8 Å². The van der Waals surface area contributed by atoms with E-state index in [2.05, 4.69) is 16.4 Å². The van der Waals surface area contributed by atoms with Crippen molar-refractivity contribution in [2.75, 3.05) is 0 Å². The Morgan fingerprint density at radius 3 is 2.45 bits per heavy atom. The molecule has 0 aliphatic carbocycles. The van der Waals surface area contributed by atoms with E-state index in [9.17, 15) is 4.79 Å². The predicted octanol–water partition coefficient (Wildman–Crippen LogP) is 2.48. The third kappa shape index (κ3) is 3.46. The standard InChI is InChI=1S/C7H12O3.ClH/c1-2-3-4-5-6-9-7(8)10-6;/h6H,2-5H2,1H3;1H. The summed E-state index contributed by atoms with van der Waals surface area (Å²) in [4.78, 5) is 10.1. The maximum atomic E-state index is 10.1. The average molecular weight is 181 g/mol. The Kier molecular flexibility index (Phi) is 5.03. The topological polar surface area (TPSA) is 35.5 Å². The SMILES string of the molecule is CCCCCC1OC(=O)O1.Cl. The van der Waals surface area contributed by atoms with Crippen LogP contribution in [0.25, 0.3) is 0 Å². The molecule has 0 aromatic heterocycles. The van der Waals surface area contributed by atoms with Crippen LogP contribution < -0.4 is 0 Å². The van der Waals surface area contributed by atoms with E-state index in [0.29, 0.717) is 0 Å². The molecule has 4 heteroatoms. The van der Waals surface area contributed by atoms with Crippen LogP contribution in [0.1, 0.15) is 32.6 Å². The molecule has 0 bridgehead atoms. The van der Waals surface area contributed by atoms with E-state index in [-0.39, 0.29) is 18.7 Å². The van der Waals surface area contributed by atoms with Gasteiger partial charge in [-0.15, -0.1) is 12.4 Å². The van der Waals surface area contributed by atoms with Gasteiger partial charge in [0.25, 0.3) is 6.29 Å². The first-order valence-corrected chi connectivity index (χ1v) is 3.70. The van der Waals surface area contributed by atoms with Crippen LogP contribution in [0.4, 0.5) is 4.79 Å². The molecule has 0 aromatic carbocycles. The lowest BCUT2D eigenvalue weighted by Gasteiger charge is -2.25. The van der Waals surface area contributed by atoms with Gasteiger partial charge in [0.2, 0.25) is 0 Å². The number of ether oxygens (including phenoxy) is 2. The molecule has 1 rings (SSSR count). The first-order chi connectivity index (χ1) is 4.83. The number of cyclic esters (lactones) is 2. The molecule has 0 radical (unpaired) electrons. The van der Waals surface area contributed by atoms with Gasteiger partial charge < -0.3 is 9.47 Å². The van der Waals surface area contributed by atoms with Crippen molar-refractivity contribution < 1.29 is 14.3 Å². The Balaban J connectivity index is 0.000001000. The molecule has 11 heavy (non-hydrogen) atoms. The number of rotatable bonds is 4. The number of unbranched alkanes of at least 4 members (excludes halogenated alkanes) is 2. The van der Waals surface area contributed by atoms with Crippen LogP contribution in [0.3, 0.4) is 0 Å². The normalized spacial score (nSPS) is 15.9. The quantitative estimate of drug-likeness (QED) is 0.493. The van der Waals surface area contributed by atoms with Crippen molar-refractivity contribution >= 4 is 18.6 Å². The third-order valence-corrected chi connectivity index (χ3v) is 1.50. The average Bonchev–Trinajstić information content (AvgIpc) is 1.85. The number of hydrogen-bond donors (Lipinski definition) is 0. The summed E-state index contributed by atoms with van der Waals surface area (Å²) in [5.74, 6) is 0. The van der Waals surface area contributed by atoms with Crippen LogP contribution in [-0.2, 0) is 9.47 Å². The predicted molar refractivity (Wildman–Crippen MR) is 42.7 cm³/mol. The van der Waals surface area contributed by atoms with Crippen LogP contribution in [0.15, 0.2) is 0 Å². The zero-order chi connectivity index (χ0) is 7.40. The van der Waals surface area contributed by atoms with Gasteiger partial charge in [-0.25, -0.2) is 4.79 Å². The van der Waals surface area contributed by atoms with Gasteiger partial charge in [0, 0.05) is 6.42 Å². The molecule has 3 nitrogen and oxygen atoms in total. The summed E-state index contributed by atoms with van der Waals surface area (Å²) in [5, 5.41) is 0. The largest absolute Gasteiger partial charge is 0.514 e. The number of hydrogen-bond acceptors (Lipinski definition) is 3. The van der Waals surface area contributed by atoms with E-state index in [1.165, 1.54) is 12.8 Å². The second-order valence-electron chi connectivity index (χ2n) is 2.41. The molecule has 1 heterocycles. The minimum Gasteiger partial charge on any atom is -0.394 e. The Bertz CT molecular complexity index is 119. The fourth-order valence-electron chi connectivity index (χ4n) is 0.902. The van der Waals surface area contributed by atoms with Crippen LogP contribution in [0.5, 0.6) is 0 Å². The lowest BCUT2D eigenvalue weighted by Crippen LogP contribution is -2.35. The minimum atomic E-state index is -0.526. The summed E-state index contributed by atoms with van der Waals surface area (Å²) in [6.45, 7) is 2.13. The smallest absolute Gasteiger partial charge is 0.394 e. The summed E-state index contributed by atoms with van der Waals surface area (Å²) in [7, 11) is 0. The molecule has 0 unspecified atom stereocenters. The minimum absolute atomic E-state index is 0. The molecule has 0 saturated carbocycles. The van der Waals surface area contributed by atoms with Gasteiger partial charge in [0.05, 0.1) is 0 Å². The second-order valence-corrected chi connectivity index (χ2v) is 2.41. The first-order valence-electron chi connectivity index (χ1n) is 3.70. The van der Waals surface area contributed by atoms with E-state index in [1.807, 2.05) is 0 Å². The van der Waals surface area contributed by atoms with Gasteiger partial charge in [-0.05, 0) is 6.42 Å². The lowest BCUT2D eigenvalue weighted by atomic mass is 10.2. The summed E-state index contributed by atoms with van der Waals surface area (Å²) >= 11 is 0. The molecule has 0 aromatic rings. The number of carbonyl (C=O) groups excluding carboxylic acids is 1. The van der Waals surface area contributed by atoms with Crippen molar-refractivity contribution in [2.45, 2.75) is 38.9 Å². The van der Waals surface area contributed by atoms with Crippen LogP contribution in [-0.4, -0.2) is 12.4 Å². The molecule has 66 valence electrons. The molecule has 0 N–H and O–H groups in total. The number of halogens is 1. The molecule has 1 aliphatic heterocycles. The van der Waals surface area contributed by atoms with Gasteiger partial charge in [0.15, 0.2) is 0 Å². The van der Waals surface area contributed by atoms with Gasteiger partial charge in [-0.2, -0.15) is 0 Å². The Morgan fingerprint density at radius 1 is 1.36 bits per heavy atom. The second kappa shape index (κ2) is 5.24.